The van der Waals surface area contributed by atoms with Gasteiger partial charge in [0, 0.05) is 7.05 Å². The summed E-state index contributed by atoms with van der Waals surface area (Å²) in [6.45, 7) is 5.89. The second-order valence-electron chi connectivity index (χ2n) is 6.81. The van der Waals surface area contributed by atoms with Crippen LogP contribution in [-0.4, -0.2) is 41.2 Å². The Balaban J connectivity index is 1.49. The summed E-state index contributed by atoms with van der Waals surface area (Å²) in [5.41, 5.74) is 5.30. The van der Waals surface area contributed by atoms with E-state index in [1.54, 1.807) is 10.9 Å². The van der Waals surface area contributed by atoms with Crippen LogP contribution in [0.1, 0.15) is 17.0 Å². The van der Waals surface area contributed by atoms with Gasteiger partial charge in [-0.2, -0.15) is 10.2 Å². The molecule has 0 radical (unpaired) electrons. The predicted octanol–water partition coefficient (Wildman–Crippen LogP) is 3.21. The highest BCUT2D eigenvalue weighted by Crippen LogP contribution is 2.26. The third-order valence-electron chi connectivity index (χ3n) is 4.67. The number of hydrogen-bond donors (Lipinski definition) is 1. The van der Waals surface area contributed by atoms with E-state index in [0.29, 0.717) is 0 Å². The number of thioether (sulfide) groups is 1. The van der Waals surface area contributed by atoms with Gasteiger partial charge in [-0.1, -0.05) is 29.5 Å². The van der Waals surface area contributed by atoms with Gasteiger partial charge in [-0.05, 0) is 32.9 Å². The third kappa shape index (κ3) is 3.73. The normalized spacial score (nSPS) is 11.2. The smallest absolute Gasteiger partial charge is 0.234 e. The summed E-state index contributed by atoms with van der Waals surface area (Å²) in [5, 5.41) is 13.4. The number of fused-ring (bicyclic) bond motifs is 1. The zero-order chi connectivity index (χ0) is 20.5. The topological polar surface area (TPSA) is 90.5 Å². The van der Waals surface area contributed by atoms with Crippen LogP contribution in [-0.2, 0) is 11.8 Å². The van der Waals surface area contributed by atoms with Crippen LogP contribution >= 0.6 is 11.8 Å². The average molecular weight is 408 g/mol. The molecule has 3 heterocycles. The maximum atomic E-state index is 12.6. The summed E-state index contributed by atoms with van der Waals surface area (Å²) in [6.07, 6.45) is 3.21. The largest absolute Gasteiger partial charge is 0.322 e. The van der Waals surface area contributed by atoms with E-state index in [9.17, 15) is 4.79 Å². The molecule has 1 N–H and O–H groups in total. The summed E-state index contributed by atoms with van der Waals surface area (Å²) >= 11 is 1.36. The summed E-state index contributed by atoms with van der Waals surface area (Å²) in [5.74, 6) is 0.121. The van der Waals surface area contributed by atoms with E-state index in [0.717, 1.165) is 38.8 Å². The fourth-order valence-corrected chi connectivity index (χ4v) is 3.89. The molecule has 0 saturated carbocycles. The van der Waals surface area contributed by atoms with Gasteiger partial charge in [-0.25, -0.2) is 14.6 Å². The fraction of sp³-hybridized carbons (Fsp3) is 0.250. The minimum absolute atomic E-state index is 0.111. The van der Waals surface area contributed by atoms with Gasteiger partial charge in [-0.3, -0.25) is 9.48 Å². The molecule has 0 spiro atoms. The molecule has 3 aromatic heterocycles. The molecule has 0 bridgehead atoms. The molecule has 1 aromatic carbocycles. The van der Waals surface area contributed by atoms with Gasteiger partial charge in [0.15, 0.2) is 5.65 Å². The second-order valence-corrected chi connectivity index (χ2v) is 7.78. The predicted molar refractivity (Wildman–Crippen MR) is 113 cm³/mol. The van der Waals surface area contributed by atoms with Gasteiger partial charge >= 0.3 is 0 Å². The molecule has 0 aliphatic heterocycles. The Morgan fingerprint density at radius 3 is 2.66 bits per heavy atom. The number of carbonyl (C=O) groups is 1. The number of anilines is 1. The van der Waals surface area contributed by atoms with Crippen LogP contribution in [0.25, 0.3) is 16.7 Å². The third-order valence-corrected chi connectivity index (χ3v) is 5.67. The Bertz CT molecular complexity index is 1190. The minimum Gasteiger partial charge on any atom is -0.322 e. The zero-order valence-corrected chi connectivity index (χ0v) is 17.5. The molecule has 148 valence electrons. The number of aryl methyl sites for hydroxylation is 3. The molecular weight excluding hydrogens is 386 g/mol. The lowest BCUT2D eigenvalue weighted by Gasteiger charge is -2.07. The number of nitrogens with one attached hydrogen (secondary N) is 1. The SMILES string of the molecule is Cc1ccc(-n2nc(C)c(NC(=O)CSc3ncnc4c3cnn4C)c2C)cc1. The average Bonchev–Trinajstić information content (AvgIpc) is 3.22. The lowest BCUT2D eigenvalue weighted by atomic mass is 10.2. The molecule has 9 heteroatoms. The Morgan fingerprint density at radius 1 is 1.14 bits per heavy atom. The molecule has 0 unspecified atom stereocenters. The first-order valence-corrected chi connectivity index (χ1v) is 10.1. The highest BCUT2D eigenvalue weighted by atomic mass is 32.2. The molecule has 29 heavy (non-hydrogen) atoms. The van der Waals surface area contributed by atoms with Crippen molar-refractivity contribution in [3.05, 3.63) is 53.7 Å². The molecular formula is C20H21N7OS. The lowest BCUT2D eigenvalue weighted by Crippen LogP contribution is -2.15. The lowest BCUT2D eigenvalue weighted by molar-refractivity contribution is -0.113. The number of aromatic nitrogens is 6. The van der Waals surface area contributed by atoms with Gasteiger partial charge < -0.3 is 5.32 Å². The molecule has 1 amide bonds. The standard InChI is InChI=1S/C20H21N7OS/c1-12-5-7-15(8-6-12)27-14(3)18(13(2)25-27)24-17(28)10-29-20-16-9-23-26(4)19(16)21-11-22-20/h5-9,11H,10H2,1-4H3,(H,24,28). The van der Waals surface area contributed by atoms with E-state index in [1.807, 2.05) is 56.8 Å². The van der Waals surface area contributed by atoms with Crippen LogP contribution in [0.15, 0.2) is 41.8 Å². The number of benzene rings is 1. The van der Waals surface area contributed by atoms with Crippen molar-refractivity contribution in [3.63, 3.8) is 0 Å². The Hall–Kier alpha value is -3.20. The number of amides is 1. The van der Waals surface area contributed by atoms with Gasteiger partial charge in [0.25, 0.3) is 0 Å². The first kappa shape index (κ1) is 19.1. The summed E-state index contributed by atoms with van der Waals surface area (Å²) < 4.78 is 3.54. The highest BCUT2D eigenvalue weighted by molar-refractivity contribution is 8.00. The molecule has 0 fully saturated rings. The molecule has 4 rings (SSSR count). The van der Waals surface area contributed by atoms with Crippen LogP contribution in [0.2, 0.25) is 0 Å². The Kier molecular flexibility index (Phi) is 5.06. The van der Waals surface area contributed by atoms with Crippen molar-refractivity contribution in [2.75, 3.05) is 11.1 Å². The van der Waals surface area contributed by atoms with E-state index in [4.69, 9.17) is 0 Å². The minimum atomic E-state index is -0.111. The molecule has 8 nitrogen and oxygen atoms in total. The summed E-state index contributed by atoms with van der Waals surface area (Å²) in [4.78, 5) is 21.1. The maximum Gasteiger partial charge on any atom is 0.234 e. The van der Waals surface area contributed by atoms with Crippen molar-refractivity contribution in [2.45, 2.75) is 25.8 Å². The van der Waals surface area contributed by atoms with E-state index < -0.39 is 0 Å². The van der Waals surface area contributed by atoms with E-state index in [1.165, 1.54) is 23.7 Å². The van der Waals surface area contributed by atoms with Crippen molar-refractivity contribution < 1.29 is 4.79 Å². The van der Waals surface area contributed by atoms with Crippen molar-refractivity contribution in [1.82, 2.24) is 29.5 Å². The number of rotatable bonds is 5. The first-order valence-electron chi connectivity index (χ1n) is 9.12. The fourth-order valence-electron chi connectivity index (χ4n) is 3.13. The Morgan fingerprint density at radius 2 is 1.90 bits per heavy atom. The second kappa shape index (κ2) is 7.67. The Labute approximate surface area is 172 Å². The van der Waals surface area contributed by atoms with Crippen LogP contribution < -0.4 is 5.32 Å². The van der Waals surface area contributed by atoms with Crippen LogP contribution in [0.5, 0.6) is 0 Å². The van der Waals surface area contributed by atoms with Crippen molar-refractivity contribution in [3.8, 4) is 5.69 Å². The van der Waals surface area contributed by atoms with Crippen molar-refractivity contribution in [1.29, 1.82) is 0 Å². The van der Waals surface area contributed by atoms with Crippen LogP contribution in [0.3, 0.4) is 0 Å². The van der Waals surface area contributed by atoms with Gasteiger partial charge in [-0.15, -0.1) is 0 Å². The van der Waals surface area contributed by atoms with Gasteiger partial charge in [0.05, 0.1) is 40.1 Å². The van der Waals surface area contributed by atoms with E-state index in [2.05, 4.69) is 25.5 Å². The first-order chi connectivity index (χ1) is 13.9. The maximum absolute atomic E-state index is 12.6. The summed E-state index contributed by atoms with van der Waals surface area (Å²) in [7, 11) is 1.83. The number of carbonyl (C=O) groups excluding carboxylic acids is 1. The highest BCUT2D eigenvalue weighted by Gasteiger charge is 2.16. The van der Waals surface area contributed by atoms with Gasteiger partial charge in [0.2, 0.25) is 5.91 Å². The molecule has 4 aromatic rings. The zero-order valence-electron chi connectivity index (χ0n) is 16.7. The van der Waals surface area contributed by atoms with Crippen LogP contribution in [0, 0.1) is 20.8 Å². The number of nitrogens with zero attached hydrogens (tertiary/aromatic N) is 6. The monoisotopic (exact) mass is 407 g/mol. The van der Waals surface area contributed by atoms with Crippen molar-refractivity contribution in [2.24, 2.45) is 7.05 Å². The molecule has 0 aliphatic rings. The molecule has 0 aliphatic carbocycles. The summed E-state index contributed by atoms with van der Waals surface area (Å²) in [6, 6.07) is 8.12. The molecule has 0 atom stereocenters. The van der Waals surface area contributed by atoms with Gasteiger partial charge in [0.1, 0.15) is 11.4 Å². The van der Waals surface area contributed by atoms with E-state index >= 15 is 0 Å². The van der Waals surface area contributed by atoms with Crippen LogP contribution in [0.4, 0.5) is 5.69 Å². The van der Waals surface area contributed by atoms with Crippen molar-refractivity contribution >= 4 is 34.4 Å². The molecule has 0 saturated heterocycles. The van der Waals surface area contributed by atoms with E-state index in [-0.39, 0.29) is 11.7 Å². The number of hydrogen-bond acceptors (Lipinski definition) is 6. The quantitative estimate of drug-likeness (QED) is 0.404.